The van der Waals surface area contributed by atoms with E-state index >= 15 is 0 Å². The van der Waals surface area contributed by atoms with E-state index in [9.17, 15) is 14.4 Å². The van der Waals surface area contributed by atoms with Crippen molar-refractivity contribution in [1.82, 2.24) is 0 Å². The minimum Gasteiger partial charge on any atom is -0.497 e. The fourth-order valence-electron chi connectivity index (χ4n) is 3.56. The molecule has 184 valence electrons. The molecule has 1 amide bonds. The quantitative estimate of drug-likeness (QED) is 0.246. The van der Waals surface area contributed by atoms with Crippen LogP contribution in [-0.2, 0) is 4.74 Å². The van der Waals surface area contributed by atoms with Crippen LogP contribution in [0.2, 0.25) is 0 Å². The molecule has 0 radical (unpaired) electrons. The summed E-state index contributed by atoms with van der Waals surface area (Å²) in [7, 11) is 4.46. The normalized spacial score (nSPS) is 10.5. The highest BCUT2D eigenvalue weighted by atomic mass is 32.1. The van der Waals surface area contributed by atoms with Crippen molar-refractivity contribution in [3.05, 3.63) is 82.0 Å². The fourth-order valence-corrected chi connectivity index (χ4v) is 4.18. The first kappa shape index (κ1) is 24.7. The molecule has 0 aliphatic carbocycles. The summed E-state index contributed by atoms with van der Waals surface area (Å²) in [5.41, 5.74) is 0.595. The van der Waals surface area contributed by atoms with Gasteiger partial charge < -0.3 is 24.3 Å². The summed E-state index contributed by atoms with van der Waals surface area (Å²) in [4.78, 5) is 38.8. The molecule has 3 aromatic carbocycles. The number of esters is 1. The second-order valence-corrected chi connectivity index (χ2v) is 8.56. The predicted molar refractivity (Wildman–Crippen MR) is 137 cm³/mol. The smallest absolute Gasteiger partial charge is 0.340 e. The van der Waals surface area contributed by atoms with Gasteiger partial charge in [-0.15, -0.1) is 11.3 Å². The Morgan fingerprint density at radius 3 is 2.25 bits per heavy atom. The van der Waals surface area contributed by atoms with E-state index in [0.29, 0.717) is 21.9 Å². The lowest BCUT2D eigenvalue weighted by Crippen LogP contribution is -2.18. The number of methoxy groups -OCH3 is 3. The second-order valence-electron chi connectivity index (χ2n) is 7.61. The van der Waals surface area contributed by atoms with Crippen LogP contribution >= 0.6 is 11.3 Å². The van der Waals surface area contributed by atoms with E-state index in [0.717, 1.165) is 10.8 Å². The van der Waals surface area contributed by atoms with E-state index in [1.54, 1.807) is 48.9 Å². The molecular formula is C27H23NO7S. The zero-order valence-corrected chi connectivity index (χ0v) is 20.6. The Bertz CT molecular complexity index is 1430. The third kappa shape index (κ3) is 5.31. The van der Waals surface area contributed by atoms with Crippen LogP contribution in [0, 0.1) is 0 Å². The molecule has 1 N–H and O–H groups in total. The summed E-state index contributed by atoms with van der Waals surface area (Å²) in [6.45, 7) is -0.479. The minimum atomic E-state index is -0.795. The number of thiophene rings is 1. The summed E-state index contributed by atoms with van der Waals surface area (Å²) >= 11 is 1.26. The topological polar surface area (TPSA) is 100 Å². The molecule has 0 atom stereocenters. The van der Waals surface area contributed by atoms with Crippen LogP contribution in [0.4, 0.5) is 5.69 Å². The number of carbonyl (C=O) groups is 3. The predicted octanol–water partition coefficient (Wildman–Crippen LogP) is 5.22. The number of ketones is 1. The number of amides is 1. The molecule has 8 nitrogen and oxygen atoms in total. The minimum absolute atomic E-state index is 0.0240. The number of nitrogens with one attached hydrogen (secondary N) is 1. The van der Waals surface area contributed by atoms with Crippen molar-refractivity contribution in [2.24, 2.45) is 0 Å². The Hall–Kier alpha value is -4.37. The molecule has 4 aromatic rings. The first-order chi connectivity index (χ1) is 17.4. The molecule has 0 aliphatic rings. The number of carbonyl (C=O) groups excluding carboxylic acids is 3. The zero-order chi connectivity index (χ0) is 25.7. The molecule has 36 heavy (non-hydrogen) atoms. The molecule has 0 unspecified atom stereocenters. The van der Waals surface area contributed by atoms with E-state index in [1.165, 1.54) is 37.7 Å². The van der Waals surface area contributed by atoms with Gasteiger partial charge in [0.05, 0.1) is 37.5 Å². The molecule has 0 saturated carbocycles. The lowest BCUT2D eigenvalue weighted by Gasteiger charge is -2.15. The van der Waals surface area contributed by atoms with Crippen LogP contribution in [0.3, 0.4) is 0 Å². The number of anilines is 1. The number of rotatable bonds is 9. The maximum atomic E-state index is 13.0. The second kappa shape index (κ2) is 10.9. The van der Waals surface area contributed by atoms with Gasteiger partial charge in [-0.25, -0.2) is 4.79 Å². The summed E-state index contributed by atoms with van der Waals surface area (Å²) in [5.74, 6) is -0.251. The first-order valence-electron chi connectivity index (χ1n) is 10.8. The van der Waals surface area contributed by atoms with E-state index < -0.39 is 18.5 Å². The molecular weight excluding hydrogens is 482 g/mol. The van der Waals surface area contributed by atoms with E-state index in [1.807, 2.05) is 12.1 Å². The Morgan fingerprint density at radius 1 is 0.833 bits per heavy atom. The number of fused-ring (bicyclic) bond motifs is 1. The third-order valence-electron chi connectivity index (χ3n) is 5.44. The Balaban J connectivity index is 1.54. The molecule has 9 heteroatoms. The Kier molecular flexibility index (Phi) is 7.50. The maximum Gasteiger partial charge on any atom is 0.340 e. The number of hydrogen-bond donors (Lipinski definition) is 1. The first-order valence-corrected chi connectivity index (χ1v) is 11.7. The molecule has 0 aliphatic heterocycles. The van der Waals surface area contributed by atoms with Crippen molar-refractivity contribution < 1.29 is 33.3 Å². The highest BCUT2D eigenvalue weighted by Crippen LogP contribution is 2.34. The monoisotopic (exact) mass is 505 g/mol. The zero-order valence-electron chi connectivity index (χ0n) is 19.8. The highest BCUT2D eigenvalue weighted by molar-refractivity contribution is 7.12. The van der Waals surface area contributed by atoms with Gasteiger partial charge in [0.25, 0.3) is 5.91 Å². The summed E-state index contributed by atoms with van der Waals surface area (Å²) in [6.07, 6.45) is 0. The van der Waals surface area contributed by atoms with Crippen LogP contribution in [0.25, 0.3) is 10.8 Å². The van der Waals surface area contributed by atoms with Crippen LogP contribution in [0.15, 0.2) is 66.0 Å². The number of ether oxygens (including phenoxy) is 4. The van der Waals surface area contributed by atoms with Crippen molar-refractivity contribution in [1.29, 1.82) is 0 Å². The lowest BCUT2D eigenvalue weighted by molar-refractivity contribution is 0.0475. The molecule has 0 fully saturated rings. The van der Waals surface area contributed by atoms with Gasteiger partial charge in [0, 0.05) is 17.7 Å². The van der Waals surface area contributed by atoms with Gasteiger partial charge >= 0.3 is 5.97 Å². The highest BCUT2D eigenvalue weighted by Gasteiger charge is 2.22. The van der Waals surface area contributed by atoms with Crippen molar-refractivity contribution in [2.75, 3.05) is 33.3 Å². The molecule has 1 aromatic heterocycles. The van der Waals surface area contributed by atoms with Gasteiger partial charge in [0.2, 0.25) is 0 Å². The summed E-state index contributed by atoms with van der Waals surface area (Å²) < 4.78 is 21.1. The maximum absolute atomic E-state index is 13.0. The van der Waals surface area contributed by atoms with Gasteiger partial charge in [0.1, 0.15) is 5.75 Å². The van der Waals surface area contributed by atoms with Crippen LogP contribution in [-0.4, -0.2) is 45.6 Å². The summed E-state index contributed by atoms with van der Waals surface area (Å²) in [6, 6.07) is 17.0. The number of hydrogen-bond acceptors (Lipinski definition) is 8. The van der Waals surface area contributed by atoms with Gasteiger partial charge in [-0.3, -0.25) is 9.59 Å². The summed E-state index contributed by atoms with van der Waals surface area (Å²) in [5, 5.41) is 6.25. The van der Waals surface area contributed by atoms with Crippen LogP contribution in [0.1, 0.15) is 30.4 Å². The van der Waals surface area contributed by atoms with Gasteiger partial charge in [-0.05, 0) is 40.4 Å². The molecule has 0 spiro atoms. The largest absolute Gasteiger partial charge is 0.497 e. The Labute approximate surface area is 211 Å². The van der Waals surface area contributed by atoms with E-state index in [-0.39, 0.29) is 22.8 Å². The molecule has 0 saturated heterocycles. The van der Waals surface area contributed by atoms with Crippen LogP contribution < -0.4 is 19.5 Å². The Morgan fingerprint density at radius 2 is 1.56 bits per heavy atom. The SMILES string of the molecule is COc1ccc2cc(C(=O)COC(=O)c3cc(OC)c(OC)cc3NC(=O)c3cccs3)ccc2c1. The number of Topliss-reactive ketones (excluding diaryl/α,β-unsaturated/α-hetero) is 1. The lowest BCUT2D eigenvalue weighted by atomic mass is 10.0. The third-order valence-corrected chi connectivity index (χ3v) is 6.31. The van der Waals surface area contributed by atoms with Crippen molar-refractivity contribution >= 4 is 45.5 Å². The standard InChI is InChI=1S/C27H23NO7S/c1-32-19-9-8-16-11-18(7-6-17(16)12-19)22(29)15-35-27(31)20-13-23(33-2)24(34-3)14-21(20)28-26(30)25-5-4-10-36-25/h4-14H,15H2,1-3H3,(H,28,30). The molecule has 1 heterocycles. The van der Waals surface area contributed by atoms with E-state index in [2.05, 4.69) is 5.32 Å². The van der Waals surface area contributed by atoms with Gasteiger partial charge in [0.15, 0.2) is 23.9 Å². The molecule has 4 rings (SSSR count). The van der Waals surface area contributed by atoms with Crippen molar-refractivity contribution in [3.63, 3.8) is 0 Å². The van der Waals surface area contributed by atoms with E-state index in [4.69, 9.17) is 18.9 Å². The number of benzene rings is 3. The van der Waals surface area contributed by atoms with Crippen molar-refractivity contribution in [3.8, 4) is 17.2 Å². The van der Waals surface area contributed by atoms with Crippen molar-refractivity contribution in [2.45, 2.75) is 0 Å². The fraction of sp³-hybridized carbons (Fsp3) is 0.148. The van der Waals surface area contributed by atoms with Gasteiger partial charge in [-0.1, -0.05) is 24.3 Å². The molecule has 0 bridgehead atoms. The van der Waals surface area contributed by atoms with Gasteiger partial charge in [-0.2, -0.15) is 0 Å². The average Bonchev–Trinajstić information content (AvgIpc) is 3.46. The van der Waals surface area contributed by atoms with Crippen LogP contribution in [0.5, 0.6) is 17.2 Å². The average molecular weight is 506 g/mol.